The summed E-state index contributed by atoms with van der Waals surface area (Å²) in [5.74, 6) is 0.437. The van der Waals surface area contributed by atoms with Gasteiger partial charge in [0.25, 0.3) is 0 Å². The number of halogens is 1. The van der Waals surface area contributed by atoms with Gasteiger partial charge in [-0.25, -0.2) is 9.38 Å². The van der Waals surface area contributed by atoms with Crippen molar-refractivity contribution in [2.45, 2.75) is 37.7 Å². The Labute approximate surface area is 176 Å². The zero-order valence-corrected chi connectivity index (χ0v) is 17.9. The fraction of sp³-hybridized carbons (Fsp3) is 0.500. The van der Waals surface area contributed by atoms with Gasteiger partial charge in [-0.1, -0.05) is 18.2 Å². The van der Waals surface area contributed by atoms with Crippen molar-refractivity contribution in [3.63, 3.8) is 0 Å². The standard InChI is InChI=1S/C22H30FN3O2S/c1-3-24-20(25-15-21(2,27)19-5-4-14-29-19)26-16-22(10-12-28-13-11-22)17-6-8-18(23)9-7-17/h4-9,14,27H,3,10-13,15-16H2,1-2H3,(H2,24,25,26). The van der Waals surface area contributed by atoms with Crippen molar-refractivity contribution in [1.82, 2.24) is 10.6 Å². The Morgan fingerprint density at radius 1 is 1.24 bits per heavy atom. The molecule has 1 unspecified atom stereocenters. The Morgan fingerprint density at radius 3 is 2.59 bits per heavy atom. The summed E-state index contributed by atoms with van der Waals surface area (Å²) >= 11 is 1.52. The third-order valence-corrected chi connectivity index (χ3v) is 6.56. The minimum atomic E-state index is -1.01. The van der Waals surface area contributed by atoms with Crippen LogP contribution in [0.1, 0.15) is 37.1 Å². The molecule has 1 saturated heterocycles. The van der Waals surface area contributed by atoms with Crippen LogP contribution >= 0.6 is 11.3 Å². The van der Waals surface area contributed by atoms with Crippen molar-refractivity contribution in [3.05, 3.63) is 58.0 Å². The molecule has 2 aromatic rings. The quantitative estimate of drug-likeness (QED) is 0.475. The van der Waals surface area contributed by atoms with E-state index in [2.05, 4.69) is 15.6 Å². The first-order chi connectivity index (χ1) is 14.0. The summed E-state index contributed by atoms with van der Waals surface area (Å²) in [5.41, 5.74) is -0.0430. The molecule has 1 atom stereocenters. The number of ether oxygens (including phenoxy) is 1. The molecule has 1 aliphatic heterocycles. The summed E-state index contributed by atoms with van der Waals surface area (Å²) in [5, 5.41) is 19.4. The minimum absolute atomic E-state index is 0.140. The molecule has 0 amide bonds. The number of aliphatic hydroxyl groups is 1. The maximum Gasteiger partial charge on any atom is 0.191 e. The molecule has 1 fully saturated rings. The predicted octanol–water partition coefficient (Wildman–Crippen LogP) is 3.40. The number of nitrogens with zero attached hydrogens (tertiary/aromatic N) is 1. The predicted molar refractivity (Wildman–Crippen MR) is 116 cm³/mol. The van der Waals surface area contributed by atoms with E-state index in [0.29, 0.717) is 25.7 Å². The topological polar surface area (TPSA) is 65.9 Å². The molecule has 0 saturated carbocycles. The van der Waals surface area contributed by atoms with Gasteiger partial charge in [-0.2, -0.15) is 0 Å². The maximum absolute atomic E-state index is 13.4. The van der Waals surface area contributed by atoms with Crippen molar-refractivity contribution < 1.29 is 14.2 Å². The van der Waals surface area contributed by atoms with Crippen LogP contribution in [0.3, 0.4) is 0 Å². The molecule has 0 aliphatic carbocycles. The number of benzene rings is 1. The number of hydrogen-bond acceptors (Lipinski definition) is 4. The molecular weight excluding hydrogens is 389 g/mol. The Kier molecular flexibility index (Phi) is 7.27. The lowest BCUT2D eigenvalue weighted by molar-refractivity contribution is 0.0513. The highest BCUT2D eigenvalue weighted by Crippen LogP contribution is 2.34. The first-order valence-electron chi connectivity index (χ1n) is 10.1. The lowest BCUT2D eigenvalue weighted by Crippen LogP contribution is -2.48. The largest absolute Gasteiger partial charge is 0.383 e. The molecule has 5 nitrogen and oxygen atoms in total. The van der Waals surface area contributed by atoms with Crippen molar-refractivity contribution in [2.24, 2.45) is 4.99 Å². The van der Waals surface area contributed by atoms with Gasteiger partial charge in [0.05, 0.1) is 6.54 Å². The molecule has 3 N–H and O–H groups in total. The number of rotatable bonds is 7. The summed E-state index contributed by atoms with van der Waals surface area (Å²) in [4.78, 5) is 5.52. The highest BCUT2D eigenvalue weighted by atomic mass is 32.1. The SMILES string of the molecule is CCNC(=NCC(C)(O)c1cccs1)NCC1(c2ccc(F)cc2)CCOCC1. The number of thiophene rings is 1. The zero-order valence-electron chi connectivity index (χ0n) is 17.1. The zero-order chi connectivity index (χ0) is 20.7. The summed E-state index contributed by atoms with van der Waals surface area (Å²) in [6.07, 6.45) is 1.72. The average Bonchev–Trinajstić information content (AvgIpc) is 3.27. The van der Waals surface area contributed by atoms with Gasteiger partial charge in [0.1, 0.15) is 11.4 Å². The molecule has 3 rings (SSSR count). The van der Waals surface area contributed by atoms with Crippen molar-refractivity contribution >= 4 is 17.3 Å². The second kappa shape index (κ2) is 9.69. The monoisotopic (exact) mass is 419 g/mol. The smallest absolute Gasteiger partial charge is 0.191 e. The van der Waals surface area contributed by atoms with Crippen LogP contribution in [0.2, 0.25) is 0 Å². The van der Waals surface area contributed by atoms with E-state index in [4.69, 9.17) is 4.74 Å². The highest BCUT2D eigenvalue weighted by Gasteiger charge is 2.34. The Bertz CT molecular complexity index is 785. The maximum atomic E-state index is 13.4. The third kappa shape index (κ3) is 5.56. The Balaban J connectivity index is 1.73. The Hall–Kier alpha value is -1.96. The van der Waals surface area contributed by atoms with Gasteiger partial charge >= 0.3 is 0 Å². The molecule has 0 spiro atoms. The second-order valence-electron chi connectivity index (χ2n) is 7.70. The molecule has 158 valence electrons. The van der Waals surface area contributed by atoms with Gasteiger partial charge in [0, 0.05) is 36.6 Å². The molecule has 1 aromatic heterocycles. The van der Waals surface area contributed by atoms with E-state index in [0.717, 1.165) is 29.8 Å². The lowest BCUT2D eigenvalue weighted by Gasteiger charge is -2.38. The molecular formula is C22H30FN3O2S. The van der Waals surface area contributed by atoms with Gasteiger partial charge in [0.15, 0.2) is 5.96 Å². The molecule has 1 aromatic carbocycles. The lowest BCUT2D eigenvalue weighted by atomic mass is 9.74. The molecule has 0 bridgehead atoms. The summed E-state index contributed by atoms with van der Waals surface area (Å²) in [6, 6.07) is 10.6. The van der Waals surface area contributed by atoms with E-state index in [1.165, 1.54) is 23.5 Å². The second-order valence-corrected chi connectivity index (χ2v) is 8.65. The van der Waals surface area contributed by atoms with Crippen molar-refractivity contribution in [3.8, 4) is 0 Å². The van der Waals surface area contributed by atoms with Crippen LogP contribution in [0, 0.1) is 5.82 Å². The van der Waals surface area contributed by atoms with Crippen LogP contribution < -0.4 is 10.6 Å². The highest BCUT2D eigenvalue weighted by molar-refractivity contribution is 7.10. The normalized spacial score (nSPS) is 18.8. The van der Waals surface area contributed by atoms with E-state index in [1.54, 1.807) is 6.92 Å². The van der Waals surface area contributed by atoms with Gasteiger partial charge in [-0.05, 0) is 55.8 Å². The van der Waals surface area contributed by atoms with E-state index >= 15 is 0 Å². The number of hydrogen-bond donors (Lipinski definition) is 3. The molecule has 2 heterocycles. The molecule has 29 heavy (non-hydrogen) atoms. The van der Waals surface area contributed by atoms with E-state index in [-0.39, 0.29) is 17.8 Å². The van der Waals surface area contributed by atoms with Gasteiger partial charge in [0.2, 0.25) is 0 Å². The molecule has 0 radical (unpaired) electrons. The third-order valence-electron chi connectivity index (χ3n) is 5.44. The van der Waals surface area contributed by atoms with E-state index in [9.17, 15) is 9.50 Å². The van der Waals surface area contributed by atoms with Crippen LogP contribution in [-0.4, -0.2) is 43.9 Å². The van der Waals surface area contributed by atoms with Gasteiger partial charge < -0.3 is 20.5 Å². The van der Waals surface area contributed by atoms with Crippen LogP contribution in [-0.2, 0) is 15.8 Å². The Morgan fingerprint density at radius 2 is 1.97 bits per heavy atom. The van der Waals surface area contributed by atoms with Crippen LogP contribution in [0.15, 0.2) is 46.8 Å². The van der Waals surface area contributed by atoms with Crippen molar-refractivity contribution in [1.29, 1.82) is 0 Å². The fourth-order valence-electron chi connectivity index (χ4n) is 3.62. The molecule has 7 heteroatoms. The van der Waals surface area contributed by atoms with Crippen molar-refractivity contribution in [2.75, 3.05) is 32.8 Å². The molecule has 1 aliphatic rings. The van der Waals surface area contributed by atoms with Crippen LogP contribution in [0.25, 0.3) is 0 Å². The van der Waals surface area contributed by atoms with Gasteiger partial charge in [-0.15, -0.1) is 11.3 Å². The number of guanidine groups is 1. The first-order valence-corrected chi connectivity index (χ1v) is 11.0. The number of nitrogens with one attached hydrogen (secondary N) is 2. The fourth-order valence-corrected chi connectivity index (χ4v) is 4.40. The van der Waals surface area contributed by atoms with Crippen LogP contribution in [0.4, 0.5) is 4.39 Å². The minimum Gasteiger partial charge on any atom is -0.383 e. The summed E-state index contributed by atoms with van der Waals surface area (Å²) in [7, 11) is 0. The average molecular weight is 420 g/mol. The number of aliphatic imine (C=N–C) groups is 1. The summed E-state index contributed by atoms with van der Waals surface area (Å²) < 4.78 is 19.0. The van der Waals surface area contributed by atoms with E-state index in [1.807, 2.05) is 36.6 Å². The summed E-state index contributed by atoms with van der Waals surface area (Å²) in [6.45, 7) is 6.80. The van der Waals surface area contributed by atoms with Crippen LogP contribution in [0.5, 0.6) is 0 Å². The van der Waals surface area contributed by atoms with E-state index < -0.39 is 5.60 Å². The van der Waals surface area contributed by atoms with Gasteiger partial charge in [-0.3, -0.25) is 0 Å². The first kappa shape index (κ1) is 21.7.